The van der Waals surface area contributed by atoms with Crippen LogP contribution in [0.4, 0.5) is 0 Å². The molecule has 1 saturated carbocycles. The third-order valence-corrected chi connectivity index (χ3v) is 3.94. The minimum absolute atomic E-state index is 0.326. The average molecular weight is 268 g/mol. The molecule has 1 fully saturated rings. The quantitative estimate of drug-likeness (QED) is 0.761. The van der Waals surface area contributed by atoms with E-state index in [4.69, 9.17) is 16.3 Å². The van der Waals surface area contributed by atoms with E-state index in [-0.39, 0.29) is 0 Å². The van der Waals surface area contributed by atoms with Gasteiger partial charge in [0.1, 0.15) is 5.75 Å². The molecule has 1 aliphatic rings. The van der Waals surface area contributed by atoms with E-state index >= 15 is 0 Å². The van der Waals surface area contributed by atoms with Gasteiger partial charge in [-0.15, -0.1) is 11.6 Å². The van der Waals surface area contributed by atoms with Gasteiger partial charge in [-0.3, -0.25) is 4.98 Å². The number of alkyl halides is 1. The minimum atomic E-state index is 0.326. The highest BCUT2D eigenvalue weighted by molar-refractivity contribution is 6.17. The van der Waals surface area contributed by atoms with Gasteiger partial charge in [0.05, 0.1) is 12.0 Å². The molecule has 1 aromatic rings. The third-order valence-electron chi connectivity index (χ3n) is 3.65. The molecule has 2 atom stereocenters. The summed E-state index contributed by atoms with van der Waals surface area (Å²) in [7, 11) is 0. The van der Waals surface area contributed by atoms with Gasteiger partial charge in [0.15, 0.2) is 0 Å². The van der Waals surface area contributed by atoms with Gasteiger partial charge in [0.25, 0.3) is 0 Å². The van der Waals surface area contributed by atoms with Gasteiger partial charge in [-0.1, -0.05) is 13.8 Å². The molecule has 0 N–H and O–H groups in total. The molecular formula is C15H22ClNO. The highest BCUT2D eigenvalue weighted by atomic mass is 35.5. The minimum Gasteiger partial charge on any atom is -0.490 e. The van der Waals surface area contributed by atoms with Crippen LogP contribution in [0.1, 0.15) is 44.4 Å². The molecule has 1 heterocycles. The summed E-state index contributed by atoms with van der Waals surface area (Å²) in [5, 5.41) is 0. The van der Waals surface area contributed by atoms with E-state index in [9.17, 15) is 0 Å². The van der Waals surface area contributed by atoms with Crippen LogP contribution in [0.15, 0.2) is 12.3 Å². The summed E-state index contributed by atoms with van der Waals surface area (Å²) in [6.07, 6.45) is 5.76. The number of rotatable bonds is 3. The second-order valence-electron chi connectivity index (χ2n) is 5.72. The SMILES string of the molecule is Cc1cc(OC2CC(C)CC(C)C2)c(CCl)cn1. The normalized spacial score (nSPS) is 28.1. The Morgan fingerprint density at radius 3 is 2.56 bits per heavy atom. The molecule has 2 unspecified atom stereocenters. The van der Waals surface area contributed by atoms with Crippen molar-refractivity contribution < 1.29 is 4.74 Å². The van der Waals surface area contributed by atoms with E-state index in [1.165, 1.54) is 6.42 Å². The maximum atomic E-state index is 6.17. The largest absolute Gasteiger partial charge is 0.490 e. The van der Waals surface area contributed by atoms with Crippen molar-refractivity contribution in [1.29, 1.82) is 0 Å². The maximum absolute atomic E-state index is 6.17. The summed E-state index contributed by atoms with van der Waals surface area (Å²) >= 11 is 5.94. The zero-order valence-electron chi connectivity index (χ0n) is 11.4. The fourth-order valence-corrected chi connectivity index (χ4v) is 3.12. The van der Waals surface area contributed by atoms with Crippen molar-refractivity contribution >= 4 is 11.6 Å². The van der Waals surface area contributed by atoms with Crippen LogP contribution in [0.5, 0.6) is 5.75 Å². The summed E-state index contributed by atoms with van der Waals surface area (Å²) in [6.45, 7) is 6.61. The topological polar surface area (TPSA) is 22.1 Å². The lowest BCUT2D eigenvalue weighted by Gasteiger charge is -2.32. The Hall–Kier alpha value is -0.760. The molecular weight excluding hydrogens is 246 g/mol. The first-order valence-electron chi connectivity index (χ1n) is 6.76. The van der Waals surface area contributed by atoms with Gasteiger partial charge in [-0.25, -0.2) is 0 Å². The summed E-state index contributed by atoms with van der Waals surface area (Å²) in [6, 6.07) is 2.00. The smallest absolute Gasteiger partial charge is 0.127 e. The molecule has 0 saturated heterocycles. The number of halogens is 1. The first-order chi connectivity index (χ1) is 8.58. The number of hydrogen-bond acceptors (Lipinski definition) is 2. The summed E-state index contributed by atoms with van der Waals surface area (Å²) in [5.74, 6) is 2.88. The maximum Gasteiger partial charge on any atom is 0.127 e. The van der Waals surface area contributed by atoms with Crippen LogP contribution < -0.4 is 4.74 Å². The Labute approximate surface area is 115 Å². The first-order valence-corrected chi connectivity index (χ1v) is 7.30. The zero-order valence-corrected chi connectivity index (χ0v) is 12.2. The number of aromatic nitrogens is 1. The van der Waals surface area contributed by atoms with Crippen LogP contribution in [0, 0.1) is 18.8 Å². The van der Waals surface area contributed by atoms with E-state index in [1.54, 1.807) is 0 Å². The number of hydrogen-bond donors (Lipinski definition) is 0. The van der Waals surface area contributed by atoms with Crippen molar-refractivity contribution in [3.8, 4) is 5.75 Å². The zero-order chi connectivity index (χ0) is 13.1. The van der Waals surface area contributed by atoms with Crippen LogP contribution in [-0.4, -0.2) is 11.1 Å². The van der Waals surface area contributed by atoms with Crippen LogP contribution in [-0.2, 0) is 5.88 Å². The van der Waals surface area contributed by atoms with Gasteiger partial charge in [-0.05, 0) is 38.0 Å². The van der Waals surface area contributed by atoms with Crippen molar-refractivity contribution in [3.05, 3.63) is 23.5 Å². The molecule has 2 nitrogen and oxygen atoms in total. The molecule has 2 rings (SSSR count). The number of pyridine rings is 1. The third kappa shape index (κ3) is 3.38. The van der Waals surface area contributed by atoms with Crippen molar-refractivity contribution in [3.63, 3.8) is 0 Å². The molecule has 0 radical (unpaired) electrons. The van der Waals surface area contributed by atoms with E-state index < -0.39 is 0 Å². The Balaban J connectivity index is 2.10. The van der Waals surface area contributed by atoms with Crippen molar-refractivity contribution in [2.75, 3.05) is 0 Å². The average Bonchev–Trinajstić information content (AvgIpc) is 2.27. The molecule has 0 spiro atoms. The molecule has 0 aliphatic heterocycles. The van der Waals surface area contributed by atoms with Crippen molar-refractivity contribution in [2.24, 2.45) is 11.8 Å². The van der Waals surface area contributed by atoms with Crippen LogP contribution in [0.2, 0.25) is 0 Å². The number of ether oxygens (including phenoxy) is 1. The Kier molecular flexibility index (Phi) is 4.50. The standard InChI is InChI=1S/C15H22ClNO/c1-10-4-11(2)6-14(5-10)18-15-7-12(3)17-9-13(15)8-16/h7,9-11,14H,4-6,8H2,1-3H3. The Morgan fingerprint density at radius 2 is 1.94 bits per heavy atom. The van der Waals surface area contributed by atoms with E-state index in [2.05, 4.69) is 18.8 Å². The second-order valence-corrected chi connectivity index (χ2v) is 5.99. The molecule has 3 heteroatoms. The van der Waals surface area contributed by atoms with E-state index in [1.807, 2.05) is 19.2 Å². The molecule has 1 aliphatic carbocycles. The lowest BCUT2D eigenvalue weighted by Crippen LogP contribution is -2.28. The summed E-state index contributed by atoms with van der Waals surface area (Å²) in [4.78, 5) is 4.27. The Bertz CT molecular complexity index is 397. The molecule has 1 aromatic heterocycles. The molecule has 0 amide bonds. The van der Waals surface area contributed by atoms with Crippen LogP contribution in [0.3, 0.4) is 0 Å². The fourth-order valence-electron chi connectivity index (χ4n) is 2.92. The molecule has 18 heavy (non-hydrogen) atoms. The van der Waals surface area contributed by atoms with Crippen LogP contribution in [0.25, 0.3) is 0 Å². The first kappa shape index (κ1) is 13.7. The second kappa shape index (κ2) is 5.92. The monoisotopic (exact) mass is 267 g/mol. The van der Waals surface area contributed by atoms with Gasteiger partial charge < -0.3 is 4.74 Å². The summed E-state index contributed by atoms with van der Waals surface area (Å²) in [5.41, 5.74) is 1.98. The van der Waals surface area contributed by atoms with E-state index in [0.29, 0.717) is 12.0 Å². The Morgan fingerprint density at radius 1 is 1.28 bits per heavy atom. The molecule has 0 aromatic carbocycles. The summed E-state index contributed by atoms with van der Waals surface area (Å²) < 4.78 is 6.17. The van der Waals surface area contributed by atoms with Gasteiger partial charge in [-0.2, -0.15) is 0 Å². The predicted octanol–water partition coefficient (Wildman–Crippen LogP) is 4.33. The van der Waals surface area contributed by atoms with Crippen molar-refractivity contribution in [1.82, 2.24) is 4.98 Å². The number of aryl methyl sites for hydroxylation is 1. The highest BCUT2D eigenvalue weighted by Crippen LogP contribution is 2.32. The molecule has 0 bridgehead atoms. The van der Waals surface area contributed by atoms with Gasteiger partial charge in [0.2, 0.25) is 0 Å². The number of nitrogens with zero attached hydrogens (tertiary/aromatic N) is 1. The predicted molar refractivity (Wildman–Crippen MR) is 75.1 cm³/mol. The lowest BCUT2D eigenvalue weighted by atomic mass is 9.82. The molecule has 100 valence electrons. The van der Waals surface area contributed by atoms with Crippen molar-refractivity contribution in [2.45, 2.75) is 52.0 Å². The van der Waals surface area contributed by atoms with E-state index in [0.717, 1.165) is 41.7 Å². The fraction of sp³-hybridized carbons (Fsp3) is 0.667. The van der Waals surface area contributed by atoms with Crippen LogP contribution >= 0.6 is 11.6 Å². The van der Waals surface area contributed by atoms with Gasteiger partial charge in [0, 0.05) is 23.5 Å². The van der Waals surface area contributed by atoms with Gasteiger partial charge >= 0.3 is 0 Å². The highest BCUT2D eigenvalue weighted by Gasteiger charge is 2.25. The lowest BCUT2D eigenvalue weighted by molar-refractivity contribution is 0.100.